The van der Waals surface area contributed by atoms with Crippen molar-refractivity contribution in [1.29, 1.82) is 0 Å². The Balaban J connectivity index is 1.76. The maximum Gasteiger partial charge on any atom is 0.340 e. The molecule has 3 aromatic carbocycles. The molecule has 2 amide bonds. The Bertz CT molecular complexity index is 1180. The number of esters is 1. The van der Waals surface area contributed by atoms with Crippen molar-refractivity contribution in [2.45, 2.75) is 13.8 Å². The van der Waals surface area contributed by atoms with Gasteiger partial charge in [0.1, 0.15) is 5.75 Å². The van der Waals surface area contributed by atoms with Crippen molar-refractivity contribution in [3.63, 3.8) is 0 Å². The SMILES string of the molecule is COc1cc(Cl)c(C)cc1NC(=O)COC(=O)c1cc2ccccc2cc1NC(C)=O. The Morgan fingerprint density at radius 1 is 0.968 bits per heavy atom. The quantitative estimate of drug-likeness (QED) is 0.548. The molecular weight excluding hydrogens is 420 g/mol. The summed E-state index contributed by atoms with van der Waals surface area (Å²) < 4.78 is 10.4. The van der Waals surface area contributed by atoms with E-state index in [4.69, 9.17) is 21.1 Å². The highest BCUT2D eigenvalue weighted by atomic mass is 35.5. The van der Waals surface area contributed by atoms with Crippen LogP contribution >= 0.6 is 11.6 Å². The van der Waals surface area contributed by atoms with Gasteiger partial charge in [0.05, 0.1) is 24.0 Å². The molecule has 0 saturated heterocycles. The molecule has 0 fully saturated rings. The van der Waals surface area contributed by atoms with Crippen molar-refractivity contribution in [2.24, 2.45) is 0 Å². The number of carbonyl (C=O) groups is 3. The summed E-state index contributed by atoms with van der Waals surface area (Å²) in [6.45, 7) is 2.62. The largest absolute Gasteiger partial charge is 0.495 e. The zero-order valence-electron chi connectivity index (χ0n) is 17.2. The molecule has 8 heteroatoms. The van der Waals surface area contributed by atoms with E-state index in [-0.39, 0.29) is 11.5 Å². The molecule has 0 unspecified atom stereocenters. The van der Waals surface area contributed by atoms with Crippen molar-refractivity contribution < 1.29 is 23.9 Å². The second kappa shape index (κ2) is 9.49. The van der Waals surface area contributed by atoms with Crippen LogP contribution in [0.25, 0.3) is 10.8 Å². The number of hydrogen-bond acceptors (Lipinski definition) is 5. The molecule has 3 rings (SSSR count). The van der Waals surface area contributed by atoms with Crippen LogP contribution in [0, 0.1) is 6.92 Å². The number of anilines is 2. The third kappa shape index (κ3) is 5.32. The van der Waals surface area contributed by atoms with Crippen molar-refractivity contribution in [2.75, 3.05) is 24.4 Å². The lowest BCUT2D eigenvalue weighted by atomic mass is 10.0. The summed E-state index contributed by atoms with van der Waals surface area (Å²) in [6, 6.07) is 14.0. The zero-order chi connectivity index (χ0) is 22.5. The summed E-state index contributed by atoms with van der Waals surface area (Å²) in [7, 11) is 1.46. The van der Waals surface area contributed by atoms with Gasteiger partial charge in [-0.2, -0.15) is 0 Å². The molecule has 0 heterocycles. The van der Waals surface area contributed by atoms with Crippen LogP contribution in [0.4, 0.5) is 11.4 Å². The van der Waals surface area contributed by atoms with Gasteiger partial charge in [-0.3, -0.25) is 9.59 Å². The number of methoxy groups -OCH3 is 1. The number of aryl methyl sites for hydroxylation is 1. The molecule has 0 aromatic heterocycles. The van der Waals surface area contributed by atoms with Crippen LogP contribution in [-0.2, 0) is 14.3 Å². The lowest BCUT2D eigenvalue weighted by molar-refractivity contribution is -0.119. The minimum Gasteiger partial charge on any atom is -0.495 e. The van der Waals surface area contributed by atoms with Crippen molar-refractivity contribution >= 4 is 51.5 Å². The average molecular weight is 441 g/mol. The predicted octanol–water partition coefficient (Wildman–Crippen LogP) is 4.56. The molecule has 31 heavy (non-hydrogen) atoms. The van der Waals surface area contributed by atoms with E-state index in [2.05, 4.69) is 10.6 Å². The van der Waals surface area contributed by atoms with E-state index in [1.165, 1.54) is 14.0 Å². The van der Waals surface area contributed by atoms with E-state index in [9.17, 15) is 14.4 Å². The van der Waals surface area contributed by atoms with Gasteiger partial charge in [0, 0.05) is 18.0 Å². The molecule has 0 aliphatic heterocycles. The second-order valence-corrected chi connectivity index (χ2v) is 7.26. The van der Waals surface area contributed by atoms with Gasteiger partial charge >= 0.3 is 5.97 Å². The first-order chi connectivity index (χ1) is 14.8. The van der Waals surface area contributed by atoms with Crippen LogP contribution in [-0.4, -0.2) is 31.5 Å². The summed E-state index contributed by atoms with van der Waals surface area (Å²) in [5.41, 5.74) is 1.63. The van der Waals surface area contributed by atoms with Gasteiger partial charge in [0.15, 0.2) is 6.61 Å². The number of rotatable bonds is 6. The van der Waals surface area contributed by atoms with Gasteiger partial charge in [-0.05, 0) is 41.5 Å². The minimum atomic E-state index is -0.732. The Morgan fingerprint density at radius 2 is 1.65 bits per heavy atom. The highest BCUT2D eigenvalue weighted by molar-refractivity contribution is 6.31. The lowest BCUT2D eigenvalue weighted by Crippen LogP contribution is -2.22. The first-order valence-corrected chi connectivity index (χ1v) is 9.77. The summed E-state index contributed by atoms with van der Waals surface area (Å²) in [5.74, 6) is -1.22. The molecule has 0 radical (unpaired) electrons. The maximum absolute atomic E-state index is 12.7. The van der Waals surface area contributed by atoms with Crippen LogP contribution in [0.2, 0.25) is 5.02 Å². The van der Waals surface area contributed by atoms with Crippen molar-refractivity contribution in [3.05, 3.63) is 64.7 Å². The van der Waals surface area contributed by atoms with Crippen LogP contribution in [0.15, 0.2) is 48.5 Å². The van der Waals surface area contributed by atoms with Crippen LogP contribution < -0.4 is 15.4 Å². The number of benzene rings is 3. The molecule has 0 bridgehead atoms. The molecule has 0 aliphatic rings. The molecule has 2 N–H and O–H groups in total. The molecule has 160 valence electrons. The molecule has 0 atom stereocenters. The Labute approximate surface area is 184 Å². The lowest BCUT2D eigenvalue weighted by Gasteiger charge is -2.14. The fraction of sp³-hybridized carbons (Fsp3) is 0.174. The summed E-state index contributed by atoms with van der Waals surface area (Å²) in [5, 5.41) is 7.43. The number of carbonyl (C=O) groups excluding carboxylic acids is 3. The standard InChI is InChI=1S/C23H21ClN2O5/c1-13-8-20(21(30-3)11-18(13)24)26-22(28)12-31-23(29)17-9-15-6-4-5-7-16(15)10-19(17)25-14(2)27/h4-11H,12H2,1-3H3,(H,25,27)(H,26,28). The van der Waals surface area contributed by atoms with E-state index in [1.54, 1.807) is 31.2 Å². The number of amides is 2. The monoisotopic (exact) mass is 440 g/mol. The maximum atomic E-state index is 12.7. The summed E-state index contributed by atoms with van der Waals surface area (Å²) >= 11 is 6.07. The number of nitrogens with one attached hydrogen (secondary N) is 2. The topological polar surface area (TPSA) is 93.7 Å². The van der Waals surface area contributed by atoms with E-state index < -0.39 is 18.5 Å². The Hall–Kier alpha value is -3.58. The predicted molar refractivity (Wildman–Crippen MR) is 120 cm³/mol. The molecule has 3 aromatic rings. The second-order valence-electron chi connectivity index (χ2n) is 6.85. The van der Waals surface area contributed by atoms with E-state index in [0.717, 1.165) is 16.3 Å². The van der Waals surface area contributed by atoms with Gasteiger partial charge in [-0.15, -0.1) is 0 Å². The van der Waals surface area contributed by atoms with Crippen LogP contribution in [0.5, 0.6) is 5.75 Å². The zero-order valence-corrected chi connectivity index (χ0v) is 18.0. The first kappa shape index (κ1) is 22.1. The van der Waals surface area contributed by atoms with Gasteiger partial charge in [0.25, 0.3) is 5.91 Å². The average Bonchev–Trinajstić information content (AvgIpc) is 2.73. The van der Waals surface area contributed by atoms with Crippen molar-refractivity contribution in [1.82, 2.24) is 0 Å². The third-order valence-electron chi connectivity index (χ3n) is 4.51. The molecule has 0 aliphatic carbocycles. The van der Waals surface area contributed by atoms with E-state index >= 15 is 0 Å². The van der Waals surface area contributed by atoms with Gasteiger partial charge in [-0.1, -0.05) is 35.9 Å². The molecule has 0 saturated carbocycles. The highest BCUT2D eigenvalue weighted by Crippen LogP contribution is 2.31. The summed E-state index contributed by atoms with van der Waals surface area (Å²) in [4.78, 5) is 36.6. The number of fused-ring (bicyclic) bond motifs is 1. The van der Waals surface area contributed by atoms with Gasteiger partial charge < -0.3 is 20.1 Å². The fourth-order valence-electron chi connectivity index (χ4n) is 3.03. The normalized spacial score (nSPS) is 10.5. The van der Waals surface area contributed by atoms with Crippen LogP contribution in [0.1, 0.15) is 22.8 Å². The number of halogens is 1. The molecule has 0 spiro atoms. The fourth-order valence-corrected chi connectivity index (χ4v) is 3.18. The highest BCUT2D eigenvalue weighted by Gasteiger charge is 2.18. The smallest absolute Gasteiger partial charge is 0.340 e. The molecule has 7 nitrogen and oxygen atoms in total. The van der Waals surface area contributed by atoms with Crippen molar-refractivity contribution in [3.8, 4) is 5.75 Å². The Kier molecular flexibility index (Phi) is 6.77. The van der Waals surface area contributed by atoms with Gasteiger partial charge in [0.2, 0.25) is 5.91 Å². The van der Waals surface area contributed by atoms with E-state index in [0.29, 0.717) is 22.1 Å². The minimum absolute atomic E-state index is 0.154. The number of ether oxygens (including phenoxy) is 2. The first-order valence-electron chi connectivity index (χ1n) is 9.40. The van der Waals surface area contributed by atoms with E-state index in [1.807, 2.05) is 24.3 Å². The molecular formula is C23H21ClN2O5. The number of hydrogen-bond donors (Lipinski definition) is 2. The van der Waals surface area contributed by atoms with Crippen LogP contribution in [0.3, 0.4) is 0 Å². The third-order valence-corrected chi connectivity index (χ3v) is 4.91. The Morgan fingerprint density at radius 3 is 2.29 bits per heavy atom. The van der Waals surface area contributed by atoms with Gasteiger partial charge in [-0.25, -0.2) is 4.79 Å². The summed E-state index contributed by atoms with van der Waals surface area (Å²) in [6.07, 6.45) is 0.